The number of thioether (sulfide) groups is 1. The van der Waals surface area contributed by atoms with Crippen LogP contribution < -0.4 is 21.7 Å². The zero-order valence-electron chi connectivity index (χ0n) is 19.3. The molecule has 4 atom stereocenters. The van der Waals surface area contributed by atoms with Crippen LogP contribution in [0.4, 0.5) is 0 Å². The standard InChI is InChI=1S/C22H32N4O8S/c1-35-10-9-15(22(33)34)24-21(32)17(12-27)26-20(31)16(11-13-5-3-2-4-6-13)25-19(30)14(23)7-8-18(28)29/h2-6,14-17,27H,7-12,23H2,1H3,(H,24,32)(H,25,30)(H,26,31)(H,28,29)(H,33,34). The minimum absolute atomic E-state index is 0.0231. The van der Waals surface area contributed by atoms with E-state index in [4.69, 9.17) is 10.8 Å². The van der Waals surface area contributed by atoms with Crippen LogP contribution in [0.15, 0.2) is 30.3 Å². The van der Waals surface area contributed by atoms with E-state index in [0.717, 1.165) is 0 Å². The van der Waals surface area contributed by atoms with Crippen LogP contribution in [0.25, 0.3) is 0 Å². The van der Waals surface area contributed by atoms with Gasteiger partial charge in [-0.1, -0.05) is 30.3 Å². The van der Waals surface area contributed by atoms with Gasteiger partial charge in [0.15, 0.2) is 0 Å². The molecule has 0 fully saturated rings. The molecule has 0 heterocycles. The second kappa shape index (κ2) is 15.7. The van der Waals surface area contributed by atoms with Gasteiger partial charge < -0.3 is 37.0 Å². The molecule has 12 nitrogen and oxygen atoms in total. The van der Waals surface area contributed by atoms with Gasteiger partial charge in [0.05, 0.1) is 12.6 Å². The Kier molecular flexibility index (Phi) is 13.4. The van der Waals surface area contributed by atoms with Gasteiger partial charge >= 0.3 is 11.9 Å². The first-order chi connectivity index (χ1) is 16.6. The number of aliphatic hydroxyl groups excluding tert-OH is 1. The number of hydrogen-bond acceptors (Lipinski definition) is 8. The number of aliphatic hydroxyl groups is 1. The summed E-state index contributed by atoms with van der Waals surface area (Å²) in [6.07, 6.45) is 1.48. The second-order valence-electron chi connectivity index (χ2n) is 7.71. The Balaban J connectivity index is 2.95. The van der Waals surface area contributed by atoms with Crippen LogP contribution in [0.5, 0.6) is 0 Å². The maximum Gasteiger partial charge on any atom is 0.326 e. The molecule has 0 aliphatic carbocycles. The Morgan fingerprint density at radius 3 is 2.00 bits per heavy atom. The third-order valence-electron chi connectivity index (χ3n) is 4.96. The van der Waals surface area contributed by atoms with Crippen molar-refractivity contribution in [1.29, 1.82) is 0 Å². The molecule has 0 aromatic heterocycles. The van der Waals surface area contributed by atoms with Gasteiger partial charge in [-0.15, -0.1) is 0 Å². The number of aliphatic carboxylic acids is 2. The fourth-order valence-corrected chi connectivity index (χ4v) is 3.45. The zero-order valence-corrected chi connectivity index (χ0v) is 20.1. The normalized spacial score (nSPS) is 14.1. The molecule has 4 unspecified atom stereocenters. The smallest absolute Gasteiger partial charge is 0.326 e. The van der Waals surface area contributed by atoms with E-state index in [0.29, 0.717) is 11.3 Å². The van der Waals surface area contributed by atoms with Crippen LogP contribution in [-0.2, 0) is 30.4 Å². The predicted molar refractivity (Wildman–Crippen MR) is 129 cm³/mol. The molecule has 0 bridgehead atoms. The van der Waals surface area contributed by atoms with Crippen molar-refractivity contribution >= 4 is 41.4 Å². The van der Waals surface area contributed by atoms with E-state index in [1.807, 2.05) is 0 Å². The van der Waals surface area contributed by atoms with Crippen molar-refractivity contribution in [3.8, 4) is 0 Å². The number of carbonyl (C=O) groups is 5. The van der Waals surface area contributed by atoms with Gasteiger partial charge in [0.2, 0.25) is 17.7 Å². The maximum absolute atomic E-state index is 13.0. The Bertz CT molecular complexity index is 870. The number of hydrogen-bond donors (Lipinski definition) is 7. The Morgan fingerprint density at radius 2 is 1.46 bits per heavy atom. The Labute approximate surface area is 207 Å². The van der Waals surface area contributed by atoms with Crippen LogP contribution in [-0.4, -0.2) is 87.8 Å². The van der Waals surface area contributed by atoms with Gasteiger partial charge in [0.1, 0.15) is 18.1 Å². The number of carbonyl (C=O) groups excluding carboxylic acids is 3. The van der Waals surface area contributed by atoms with E-state index < -0.39 is 60.4 Å². The lowest BCUT2D eigenvalue weighted by Gasteiger charge is -2.24. The Hall–Kier alpha value is -3.16. The lowest BCUT2D eigenvalue weighted by Crippen LogP contribution is -2.58. The molecule has 13 heteroatoms. The molecule has 1 rings (SSSR count). The molecule has 0 radical (unpaired) electrons. The molecule has 0 spiro atoms. The molecular weight excluding hydrogens is 480 g/mol. The third-order valence-corrected chi connectivity index (χ3v) is 5.61. The summed E-state index contributed by atoms with van der Waals surface area (Å²) in [6, 6.07) is 3.62. The number of rotatable bonds is 16. The predicted octanol–water partition coefficient (Wildman–Crippen LogP) is -1.29. The highest BCUT2D eigenvalue weighted by molar-refractivity contribution is 7.98. The highest BCUT2D eigenvalue weighted by atomic mass is 32.2. The minimum atomic E-state index is -1.46. The third kappa shape index (κ3) is 11.2. The highest BCUT2D eigenvalue weighted by Gasteiger charge is 2.30. The van der Waals surface area contributed by atoms with Crippen molar-refractivity contribution in [2.24, 2.45) is 5.73 Å². The lowest BCUT2D eigenvalue weighted by atomic mass is 10.0. The van der Waals surface area contributed by atoms with Crippen LogP contribution in [0, 0.1) is 0 Å². The summed E-state index contributed by atoms with van der Waals surface area (Å²) in [5.74, 6) is -4.35. The Morgan fingerprint density at radius 1 is 0.886 bits per heavy atom. The number of carboxylic acid groups (broad SMARTS) is 2. The van der Waals surface area contributed by atoms with Crippen molar-refractivity contribution in [2.45, 2.75) is 49.9 Å². The molecule has 0 saturated carbocycles. The first-order valence-corrected chi connectivity index (χ1v) is 12.2. The number of amides is 3. The number of nitrogens with one attached hydrogen (secondary N) is 3. The first kappa shape index (κ1) is 29.9. The number of benzene rings is 1. The van der Waals surface area contributed by atoms with Crippen molar-refractivity contribution < 1.29 is 39.3 Å². The van der Waals surface area contributed by atoms with Gasteiger partial charge in [-0.2, -0.15) is 11.8 Å². The highest BCUT2D eigenvalue weighted by Crippen LogP contribution is 2.06. The summed E-state index contributed by atoms with van der Waals surface area (Å²) in [6.45, 7) is -0.809. The van der Waals surface area contributed by atoms with Crippen molar-refractivity contribution in [3.63, 3.8) is 0 Å². The second-order valence-corrected chi connectivity index (χ2v) is 8.70. The molecule has 0 aliphatic rings. The fraction of sp³-hybridized carbons (Fsp3) is 0.500. The van der Waals surface area contributed by atoms with E-state index in [-0.39, 0.29) is 25.7 Å². The van der Waals surface area contributed by atoms with Gasteiger partial charge in [-0.05, 0) is 30.4 Å². The summed E-state index contributed by atoms with van der Waals surface area (Å²) in [5.41, 5.74) is 6.42. The molecular formula is C22H32N4O8S. The molecule has 0 saturated heterocycles. The number of nitrogens with two attached hydrogens (primary N) is 1. The van der Waals surface area contributed by atoms with E-state index in [1.165, 1.54) is 11.8 Å². The molecule has 35 heavy (non-hydrogen) atoms. The summed E-state index contributed by atoms with van der Waals surface area (Å²) in [4.78, 5) is 60.1. The summed E-state index contributed by atoms with van der Waals surface area (Å²) >= 11 is 1.40. The minimum Gasteiger partial charge on any atom is -0.481 e. The average Bonchev–Trinajstić information content (AvgIpc) is 2.83. The maximum atomic E-state index is 13.0. The molecule has 1 aromatic carbocycles. The van der Waals surface area contributed by atoms with E-state index in [2.05, 4.69) is 16.0 Å². The van der Waals surface area contributed by atoms with Crippen LogP contribution >= 0.6 is 11.8 Å². The summed E-state index contributed by atoms with van der Waals surface area (Å²) in [7, 11) is 0. The molecule has 0 aliphatic heterocycles. The van der Waals surface area contributed by atoms with Gasteiger partial charge in [0.25, 0.3) is 0 Å². The van der Waals surface area contributed by atoms with Crippen molar-refractivity contribution in [1.82, 2.24) is 16.0 Å². The van der Waals surface area contributed by atoms with E-state index in [1.54, 1.807) is 36.6 Å². The molecule has 8 N–H and O–H groups in total. The average molecular weight is 513 g/mol. The van der Waals surface area contributed by atoms with Crippen LogP contribution in [0.1, 0.15) is 24.8 Å². The summed E-state index contributed by atoms with van der Waals surface area (Å²) in [5, 5.41) is 34.8. The summed E-state index contributed by atoms with van der Waals surface area (Å²) < 4.78 is 0. The largest absolute Gasteiger partial charge is 0.481 e. The SMILES string of the molecule is CSCCC(NC(=O)C(CO)NC(=O)C(Cc1ccccc1)NC(=O)C(N)CCC(=O)O)C(=O)O. The molecule has 194 valence electrons. The number of carboxylic acids is 2. The van der Waals surface area contributed by atoms with Gasteiger partial charge in [-0.3, -0.25) is 19.2 Å². The zero-order chi connectivity index (χ0) is 26.4. The van der Waals surface area contributed by atoms with E-state index in [9.17, 15) is 34.2 Å². The quantitative estimate of drug-likeness (QED) is 0.139. The topological polar surface area (TPSA) is 208 Å². The monoisotopic (exact) mass is 512 g/mol. The molecule has 1 aromatic rings. The lowest BCUT2D eigenvalue weighted by molar-refractivity contribution is -0.142. The molecule has 3 amide bonds. The van der Waals surface area contributed by atoms with Gasteiger partial charge in [0, 0.05) is 12.8 Å². The van der Waals surface area contributed by atoms with Gasteiger partial charge in [-0.25, -0.2) is 4.79 Å². The fourth-order valence-electron chi connectivity index (χ4n) is 2.98. The van der Waals surface area contributed by atoms with Crippen LogP contribution in [0.2, 0.25) is 0 Å². The van der Waals surface area contributed by atoms with Crippen LogP contribution in [0.3, 0.4) is 0 Å². The van der Waals surface area contributed by atoms with E-state index >= 15 is 0 Å². The van der Waals surface area contributed by atoms with Crippen molar-refractivity contribution in [3.05, 3.63) is 35.9 Å². The van der Waals surface area contributed by atoms with Crippen molar-refractivity contribution in [2.75, 3.05) is 18.6 Å². The first-order valence-electron chi connectivity index (χ1n) is 10.8.